The minimum Gasteiger partial charge on any atom is -0.508 e. The number of H-pyrrole nitrogens is 1. The van der Waals surface area contributed by atoms with E-state index in [1.807, 2.05) is 24.3 Å². The predicted octanol–water partition coefficient (Wildman–Crippen LogP) is 0.297. The van der Waals surface area contributed by atoms with E-state index in [4.69, 9.17) is 11.5 Å². The van der Waals surface area contributed by atoms with Crippen molar-refractivity contribution in [1.82, 2.24) is 20.5 Å². The number of phenols is 1. The van der Waals surface area contributed by atoms with Gasteiger partial charge in [-0.15, -0.1) is 0 Å². The maximum absolute atomic E-state index is 13.8. The Labute approximate surface area is 247 Å². The van der Waals surface area contributed by atoms with Gasteiger partial charge in [0.1, 0.15) is 23.9 Å². The van der Waals surface area contributed by atoms with Gasteiger partial charge in [0.15, 0.2) is 0 Å². The Morgan fingerprint density at radius 3 is 2.37 bits per heavy atom. The highest BCUT2D eigenvalue weighted by Gasteiger charge is 2.38. The van der Waals surface area contributed by atoms with E-state index in [0.717, 1.165) is 16.5 Å². The minimum atomic E-state index is -1.19. The zero-order chi connectivity index (χ0) is 31.1. The van der Waals surface area contributed by atoms with Gasteiger partial charge in [-0.25, -0.2) is 4.79 Å². The fourth-order valence-electron chi connectivity index (χ4n) is 5.26. The highest BCUT2D eigenvalue weighted by Crippen LogP contribution is 2.23. The summed E-state index contributed by atoms with van der Waals surface area (Å²) in [6.07, 6.45) is 2.47. The molecule has 4 rings (SSSR count). The Kier molecular flexibility index (Phi) is 9.99. The van der Waals surface area contributed by atoms with E-state index in [0.29, 0.717) is 18.4 Å². The summed E-state index contributed by atoms with van der Waals surface area (Å²) in [5.41, 5.74) is 13.3. The molecule has 1 aliphatic rings. The van der Waals surface area contributed by atoms with Crippen LogP contribution < -0.4 is 22.1 Å². The van der Waals surface area contributed by atoms with Crippen molar-refractivity contribution in [3.8, 4) is 5.75 Å². The van der Waals surface area contributed by atoms with Crippen molar-refractivity contribution < 1.29 is 34.2 Å². The molecule has 3 aromatic rings. The average Bonchev–Trinajstić information content (AvgIpc) is 3.64. The number of nitrogens with one attached hydrogen (secondary N) is 3. The molecular weight excluding hydrogens is 556 g/mol. The average molecular weight is 593 g/mol. The molecule has 43 heavy (non-hydrogen) atoms. The number of carboxylic acids is 1. The molecule has 0 spiro atoms. The molecule has 4 amide bonds. The summed E-state index contributed by atoms with van der Waals surface area (Å²) in [6, 6.07) is 9.05. The first-order chi connectivity index (χ1) is 20.5. The molecule has 0 bridgehead atoms. The van der Waals surface area contributed by atoms with Gasteiger partial charge in [0.25, 0.3) is 0 Å². The van der Waals surface area contributed by atoms with E-state index in [9.17, 15) is 34.2 Å². The van der Waals surface area contributed by atoms with Gasteiger partial charge in [0, 0.05) is 42.9 Å². The number of para-hydroxylation sites is 1. The second kappa shape index (κ2) is 13.8. The van der Waals surface area contributed by atoms with Gasteiger partial charge in [0.2, 0.25) is 23.6 Å². The van der Waals surface area contributed by atoms with Crippen molar-refractivity contribution in [2.45, 2.75) is 62.7 Å². The van der Waals surface area contributed by atoms with Crippen LogP contribution in [0.4, 0.5) is 0 Å². The Morgan fingerprint density at radius 1 is 0.977 bits per heavy atom. The molecule has 2 aromatic carbocycles. The van der Waals surface area contributed by atoms with Crippen LogP contribution in [0.3, 0.4) is 0 Å². The molecule has 2 heterocycles. The molecule has 0 radical (unpaired) electrons. The van der Waals surface area contributed by atoms with Crippen molar-refractivity contribution in [3.63, 3.8) is 0 Å². The number of hydrogen-bond donors (Lipinski definition) is 7. The number of likely N-dealkylation sites (tertiary alicyclic amines) is 1. The summed E-state index contributed by atoms with van der Waals surface area (Å²) < 4.78 is 0. The molecule has 228 valence electrons. The lowest BCUT2D eigenvalue weighted by Gasteiger charge is -2.29. The van der Waals surface area contributed by atoms with E-state index < -0.39 is 53.8 Å². The summed E-state index contributed by atoms with van der Waals surface area (Å²) in [6.45, 7) is 0.235. The number of primary amides is 1. The molecule has 1 aromatic heterocycles. The number of aromatic hydroxyl groups is 1. The van der Waals surface area contributed by atoms with Crippen LogP contribution in [0, 0.1) is 0 Å². The van der Waals surface area contributed by atoms with Gasteiger partial charge in [-0.3, -0.25) is 19.2 Å². The zero-order valence-corrected chi connectivity index (χ0v) is 23.5. The number of aromatic nitrogens is 1. The smallest absolute Gasteiger partial charge is 0.326 e. The number of aliphatic carboxylic acids is 1. The van der Waals surface area contributed by atoms with Gasteiger partial charge in [-0.2, -0.15) is 0 Å². The number of benzene rings is 2. The van der Waals surface area contributed by atoms with Crippen molar-refractivity contribution in [2.24, 2.45) is 11.5 Å². The normalized spacial score (nSPS) is 16.8. The maximum atomic E-state index is 13.8. The van der Waals surface area contributed by atoms with E-state index in [1.165, 1.54) is 17.0 Å². The third kappa shape index (κ3) is 7.89. The van der Waals surface area contributed by atoms with E-state index in [2.05, 4.69) is 15.6 Å². The van der Waals surface area contributed by atoms with Crippen molar-refractivity contribution in [1.29, 1.82) is 0 Å². The van der Waals surface area contributed by atoms with Gasteiger partial charge < -0.3 is 42.2 Å². The summed E-state index contributed by atoms with van der Waals surface area (Å²) in [4.78, 5) is 68.0. The molecule has 0 aliphatic carbocycles. The highest BCUT2D eigenvalue weighted by molar-refractivity contribution is 5.95. The number of rotatable bonds is 13. The number of aromatic amines is 1. The van der Waals surface area contributed by atoms with E-state index in [-0.39, 0.29) is 38.0 Å². The first kappa shape index (κ1) is 31.0. The van der Waals surface area contributed by atoms with Crippen LogP contribution in [0.5, 0.6) is 5.75 Å². The number of carboxylic acid groups (broad SMARTS) is 1. The quantitative estimate of drug-likeness (QED) is 0.146. The fraction of sp³-hybridized carbons (Fsp3) is 0.367. The molecule has 0 saturated carbocycles. The maximum Gasteiger partial charge on any atom is 0.326 e. The number of nitrogens with zero attached hydrogens (tertiary/aromatic N) is 1. The van der Waals surface area contributed by atoms with Crippen LogP contribution in [0.2, 0.25) is 0 Å². The molecule has 4 atom stereocenters. The monoisotopic (exact) mass is 592 g/mol. The lowest BCUT2D eigenvalue weighted by atomic mass is 10.0. The van der Waals surface area contributed by atoms with Crippen molar-refractivity contribution in [3.05, 3.63) is 65.9 Å². The Bertz CT molecular complexity index is 1490. The largest absolute Gasteiger partial charge is 0.508 e. The van der Waals surface area contributed by atoms with Crippen LogP contribution >= 0.6 is 0 Å². The molecular formula is C30H36N6O7. The lowest BCUT2D eigenvalue weighted by Crippen LogP contribution is -2.58. The van der Waals surface area contributed by atoms with Crippen LogP contribution in [0.15, 0.2) is 54.7 Å². The zero-order valence-electron chi connectivity index (χ0n) is 23.5. The fourth-order valence-corrected chi connectivity index (χ4v) is 5.26. The summed E-state index contributed by atoms with van der Waals surface area (Å²) >= 11 is 0. The van der Waals surface area contributed by atoms with E-state index in [1.54, 1.807) is 18.3 Å². The molecule has 1 fully saturated rings. The number of hydrogen-bond acceptors (Lipinski definition) is 7. The Morgan fingerprint density at radius 2 is 1.67 bits per heavy atom. The molecule has 13 nitrogen and oxygen atoms in total. The summed E-state index contributed by atoms with van der Waals surface area (Å²) in [7, 11) is 0. The second-order valence-electron chi connectivity index (χ2n) is 10.7. The highest BCUT2D eigenvalue weighted by atomic mass is 16.4. The van der Waals surface area contributed by atoms with Crippen LogP contribution in [0.25, 0.3) is 10.9 Å². The van der Waals surface area contributed by atoms with Crippen LogP contribution in [-0.2, 0) is 36.8 Å². The van der Waals surface area contributed by atoms with Gasteiger partial charge in [-0.05, 0) is 48.6 Å². The second-order valence-corrected chi connectivity index (χ2v) is 10.7. The molecule has 1 aliphatic heterocycles. The van der Waals surface area contributed by atoms with Gasteiger partial charge >= 0.3 is 5.97 Å². The number of amides is 4. The van der Waals surface area contributed by atoms with Crippen molar-refractivity contribution in [2.75, 3.05) is 6.54 Å². The lowest BCUT2D eigenvalue weighted by molar-refractivity contribution is -0.149. The Balaban J connectivity index is 1.61. The number of fused-ring (bicyclic) bond motifs is 1. The molecule has 9 N–H and O–H groups in total. The van der Waals surface area contributed by atoms with Gasteiger partial charge in [0.05, 0.1) is 6.04 Å². The third-order valence-electron chi connectivity index (χ3n) is 7.58. The number of phenolic OH excluding ortho intramolecular Hbond substituents is 1. The third-order valence-corrected chi connectivity index (χ3v) is 7.58. The first-order valence-electron chi connectivity index (χ1n) is 14.0. The summed E-state index contributed by atoms with van der Waals surface area (Å²) in [5.74, 6) is -3.65. The van der Waals surface area contributed by atoms with Crippen molar-refractivity contribution >= 4 is 40.5 Å². The number of carbonyl (C=O) groups excluding carboxylic acids is 4. The first-order valence-corrected chi connectivity index (χ1v) is 14.0. The summed E-state index contributed by atoms with van der Waals surface area (Å²) in [5, 5.41) is 25.6. The standard InChI is InChI=1S/C30H36N6O7/c31-21(11-12-26(32)38)27(39)34-23(14-17-7-9-19(37)10-8-17)28(40)35-24(29(41)36-13-3-6-25(36)30(42)43)15-18-16-33-22-5-2-1-4-20(18)22/h1-2,4-5,7-10,16,21,23-25,33,37H,3,6,11-15,31H2,(H2,32,38)(H,34,39)(H,35,40)(H,42,43). The topological polar surface area (TPSA) is 221 Å². The number of nitrogens with two attached hydrogens (primary N) is 2. The minimum absolute atomic E-state index is 0.00411. The predicted molar refractivity (Wildman–Crippen MR) is 156 cm³/mol. The van der Waals surface area contributed by atoms with E-state index >= 15 is 0 Å². The van der Waals surface area contributed by atoms with Gasteiger partial charge in [-0.1, -0.05) is 30.3 Å². The molecule has 1 saturated heterocycles. The SMILES string of the molecule is NC(=O)CCC(N)C(=O)NC(Cc1ccc(O)cc1)C(=O)NC(Cc1c[nH]c2ccccc12)C(=O)N1CCCC1C(=O)O. The Hall–Kier alpha value is -4.91. The van der Waals surface area contributed by atoms with Crippen LogP contribution in [0.1, 0.15) is 36.8 Å². The molecule has 13 heteroatoms. The number of carbonyl (C=O) groups is 5. The van der Waals surface area contributed by atoms with Crippen LogP contribution in [-0.4, -0.2) is 80.4 Å². The molecule has 4 unspecified atom stereocenters.